The molecule has 18 heavy (non-hydrogen) atoms. The third kappa shape index (κ3) is 2.90. The summed E-state index contributed by atoms with van der Waals surface area (Å²) in [5.74, 6) is 2.26. The number of nitriles is 1. The molecule has 1 aromatic heterocycles. The first-order valence-corrected chi connectivity index (χ1v) is 7.53. The van der Waals surface area contributed by atoms with Crippen LogP contribution in [0, 0.1) is 24.2 Å². The normalized spacial score (nSPS) is 18.3. The summed E-state index contributed by atoms with van der Waals surface area (Å²) in [7, 11) is 0. The Bertz CT molecular complexity index is 433. The molecule has 0 aliphatic heterocycles. The third-order valence-corrected chi connectivity index (χ3v) is 4.77. The molecular weight excluding hydrogens is 244 g/mol. The van der Waals surface area contributed by atoms with Gasteiger partial charge in [-0.2, -0.15) is 5.26 Å². The van der Waals surface area contributed by atoms with Crippen molar-refractivity contribution in [2.45, 2.75) is 43.5 Å². The summed E-state index contributed by atoms with van der Waals surface area (Å²) in [6.07, 6.45) is 5.12. The van der Waals surface area contributed by atoms with Crippen molar-refractivity contribution in [2.24, 2.45) is 5.92 Å². The van der Waals surface area contributed by atoms with E-state index in [1.165, 1.54) is 12.8 Å². The van der Waals surface area contributed by atoms with Gasteiger partial charge >= 0.3 is 0 Å². The Balaban J connectivity index is 2.01. The molecule has 4 heteroatoms. The first-order valence-electron chi connectivity index (χ1n) is 6.55. The minimum absolute atomic E-state index is 0.357. The molecule has 1 aromatic rings. The van der Waals surface area contributed by atoms with E-state index in [1.807, 2.05) is 13.0 Å². The first-order chi connectivity index (χ1) is 8.72. The van der Waals surface area contributed by atoms with Crippen LogP contribution in [0.4, 0.5) is 0 Å². The lowest BCUT2D eigenvalue weighted by Crippen LogP contribution is -2.48. The maximum absolute atomic E-state index is 9.56. The van der Waals surface area contributed by atoms with Crippen LogP contribution in [0.3, 0.4) is 0 Å². The molecule has 0 radical (unpaired) electrons. The highest BCUT2D eigenvalue weighted by Gasteiger charge is 2.45. The Morgan fingerprint density at radius 2 is 2.39 bits per heavy atom. The summed E-state index contributed by atoms with van der Waals surface area (Å²) >= 11 is 1.73. The van der Waals surface area contributed by atoms with E-state index in [0.29, 0.717) is 5.92 Å². The average Bonchev–Trinajstić information content (AvgIpc) is 3.15. The standard InChI is InChI=1S/C14H20N2OS/c1-3-7-16-14(9-15,12-4-5-12)10-18-13-6-8-17-11(13)2/h6,8,12,16H,3-5,7,10H2,1-2H3. The summed E-state index contributed by atoms with van der Waals surface area (Å²) < 4.78 is 5.30. The van der Waals surface area contributed by atoms with E-state index in [4.69, 9.17) is 4.42 Å². The second-order valence-electron chi connectivity index (χ2n) is 4.91. The van der Waals surface area contributed by atoms with E-state index in [-0.39, 0.29) is 5.54 Å². The number of nitrogens with zero attached hydrogens (tertiary/aromatic N) is 1. The van der Waals surface area contributed by atoms with Gasteiger partial charge in [-0.3, -0.25) is 5.32 Å². The summed E-state index contributed by atoms with van der Waals surface area (Å²) in [4.78, 5) is 1.15. The van der Waals surface area contributed by atoms with Gasteiger partial charge in [-0.1, -0.05) is 6.92 Å². The third-order valence-electron chi connectivity index (χ3n) is 3.43. The van der Waals surface area contributed by atoms with Crippen LogP contribution in [0.15, 0.2) is 21.6 Å². The molecule has 98 valence electrons. The van der Waals surface area contributed by atoms with Gasteiger partial charge in [0.2, 0.25) is 0 Å². The zero-order valence-electron chi connectivity index (χ0n) is 11.0. The van der Waals surface area contributed by atoms with Crippen LogP contribution in [0.1, 0.15) is 31.9 Å². The molecule has 1 heterocycles. The SMILES string of the molecule is CCCNC(C#N)(CSc1ccoc1C)C1CC1. The number of thioether (sulfide) groups is 1. The van der Waals surface area contributed by atoms with Crippen molar-refractivity contribution in [3.63, 3.8) is 0 Å². The van der Waals surface area contributed by atoms with E-state index in [9.17, 15) is 5.26 Å². The van der Waals surface area contributed by atoms with E-state index in [2.05, 4.69) is 18.3 Å². The molecule has 0 aromatic carbocycles. The van der Waals surface area contributed by atoms with Gasteiger partial charge in [0.15, 0.2) is 0 Å². The monoisotopic (exact) mass is 264 g/mol. The molecule has 0 spiro atoms. The van der Waals surface area contributed by atoms with Crippen molar-refractivity contribution in [1.82, 2.24) is 5.32 Å². The summed E-state index contributed by atoms with van der Waals surface area (Å²) in [6, 6.07) is 4.51. The fourth-order valence-corrected chi connectivity index (χ4v) is 3.30. The summed E-state index contributed by atoms with van der Waals surface area (Å²) in [5, 5.41) is 13.0. The van der Waals surface area contributed by atoms with Gasteiger partial charge in [0.25, 0.3) is 0 Å². The number of furan rings is 1. The van der Waals surface area contributed by atoms with Crippen molar-refractivity contribution in [3.8, 4) is 6.07 Å². The lowest BCUT2D eigenvalue weighted by molar-refractivity contribution is 0.405. The van der Waals surface area contributed by atoms with Crippen molar-refractivity contribution >= 4 is 11.8 Å². The van der Waals surface area contributed by atoms with Gasteiger partial charge in [-0.15, -0.1) is 11.8 Å². The summed E-state index contributed by atoms with van der Waals surface area (Å²) in [5.41, 5.74) is -0.357. The van der Waals surface area contributed by atoms with E-state index in [1.54, 1.807) is 18.0 Å². The number of aryl methyl sites for hydroxylation is 1. The highest BCUT2D eigenvalue weighted by Crippen LogP contribution is 2.42. The molecule has 1 unspecified atom stereocenters. The summed E-state index contributed by atoms with van der Waals surface area (Å²) in [6.45, 7) is 5.01. The van der Waals surface area contributed by atoms with Crippen LogP contribution < -0.4 is 5.32 Å². The molecule has 2 rings (SSSR count). The van der Waals surface area contributed by atoms with Crippen LogP contribution in [0.5, 0.6) is 0 Å². The molecule has 1 saturated carbocycles. The zero-order valence-corrected chi connectivity index (χ0v) is 11.8. The van der Waals surface area contributed by atoms with E-state index >= 15 is 0 Å². The Labute approximate surface area is 113 Å². The fraction of sp³-hybridized carbons (Fsp3) is 0.643. The van der Waals surface area contributed by atoms with Gasteiger partial charge in [-0.05, 0) is 44.7 Å². The number of nitrogens with one attached hydrogen (secondary N) is 1. The number of rotatable bonds is 7. The second kappa shape index (κ2) is 5.81. The largest absolute Gasteiger partial charge is 0.468 e. The van der Waals surface area contributed by atoms with Crippen LogP contribution in [-0.4, -0.2) is 17.8 Å². The maximum atomic E-state index is 9.56. The molecule has 1 aliphatic carbocycles. The highest BCUT2D eigenvalue weighted by atomic mass is 32.2. The molecule has 0 saturated heterocycles. The van der Waals surface area contributed by atoms with Crippen LogP contribution in [-0.2, 0) is 0 Å². The first kappa shape index (κ1) is 13.5. The van der Waals surface area contributed by atoms with Crippen LogP contribution in [0.2, 0.25) is 0 Å². The van der Waals surface area contributed by atoms with E-state index in [0.717, 1.165) is 29.4 Å². The van der Waals surface area contributed by atoms with Gasteiger partial charge in [-0.25, -0.2) is 0 Å². The smallest absolute Gasteiger partial charge is 0.119 e. The van der Waals surface area contributed by atoms with Crippen molar-refractivity contribution in [3.05, 3.63) is 18.1 Å². The Hall–Kier alpha value is -0.920. The fourth-order valence-electron chi connectivity index (χ4n) is 2.12. The lowest BCUT2D eigenvalue weighted by atomic mass is 9.97. The highest BCUT2D eigenvalue weighted by molar-refractivity contribution is 7.99. The Morgan fingerprint density at radius 1 is 1.61 bits per heavy atom. The Kier molecular flexibility index (Phi) is 4.36. The molecule has 3 nitrogen and oxygen atoms in total. The second-order valence-corrected chi connectivity index (χ2v) is 5.93. The average molecular weight is 264 g/mol. The maximum Gasteiger partial charge on any atom is 0.119 e. The molecule has 1 N–H and O–H groups in total. The van der Waals surface area contributed by atoms with Crippen molar-refractivity contribution < 1.29 is 4.42 Å². The van der Waals surface area contributed by atoms with Gasteiger partial charge < -0.3 is 4.42 Å². The van der Waals surface area contributed by atoms with Crippen molar-refractivity contribution in [2.75, 3.05) is 12.3 Å². The molecule has 1 fully saturated rings. The minimum Gasteiger partial charge on any atom is -0.468 e. The van der Waals surface area contributed by atoms with Gasteiger partial charge in [0, 0.05) is 10.6 Å². The van der Waals surface area contributed by atoms with Crippen LogP contribution >= 0.6 is 11.8 Å². The van der Waals surface area contributed by atoms with Crippen LogP contribution in [0.25, 0.3) is 0 Å². The molecule has 0 bridgehead atoms. The Morgan fingerprint density at radius 3 is 2.89 bits per heavy atom. The van der Waals surface area contributed by atoms with Gasteiger partial charge in [0.1, 0.15) is 11.3 Å². The number of hydrogen-bond donors (Lipinski definition) is 1. The topological polar surface area (TPSA) is 49.0 Å². The minimum atomic E-state index is -0.357. The van der Waals surface area contributed by atoms with E-state index < -0.39 is 0 Å². The lowest BCUT2D eigenvalue weighted by Gasteiger charge is -2.27. The molecule has 1 atom stereocenters. The molecular formula is C14H20N2OS. The number of hydrogen-bond acceptors (Lipinski definition) is 4. The zero-order chi connectivity index (χ0) is 13.0. The predicted octanol–water partition coefficient (Wildman–Crippen LogP) is 3.35. The van der Waals surface area contributed by atoms with Crippen molar-refractivity contribution in [1.29, 1.82) is 5.26 Å². The van der Waals surface area contributed by atoms with Gasteiger partial charge in [0.05, 0.1) is 12.3 Å². The molecule has 0 amide bonds. The molecule has 1 aliphatic rings. The quantitative estimate of drug-likeness (QED) is 0.767. The predicted molar refractivity (Wildman–Crippen MR) is 73.5 cm³/mol.